The van der Waals surface area contributed by atoms with Crippen molar-refractivity contribution in [2.75, 3.05) is 6.61 Å². The molecule has 0 aliphatic carbocycles. The largest absolute Gasteiger partial charge is 0.481 e. The highest BCUT2D eigenvalue weighted by Gasteiger charge is 2.16. The van der Waals surface area contributed by atoms with Crippen LogP contribution in [0.15, 0.2) is 24.3 Å². The number of ether oxygens (including phenoxy) is 1. The molecule has 0 fully saturated rings. The first-order valence-electron chi connectivity index (χ1n) is 5.68. The summed E-state index contributed by atoms with van der Waals surface area (Å²) in [4.78, 5) is 11.8. The number of Topliss-reactive ketones (excluding diaryl/α,β-unsaturated/α-hetero) is 1. The summed E-state index contributed by atoms with van der Waals surface area (Å²) in [7, 11) is 0. The van der Waals surface area contributed by atoms with Crippen LogP contribution in [0.4, 0.5) is 0 Å². The van der Waals surface area contributed by atoms with E-state index in [0.717, 1.165) is 0 Å². The predicted octanol–water partition coefficient (Wildman–Crippen LogP) is 3.53. The average Bonchev–Trinajstić information content (AvgIpc) is 2.27. The van der Waals surface area contributed by atoms with Crippen LogP contribution in [0.25, 0.3) is 0 Å². The van der Waals surface area contributed by atoms with Crippen LogP contribution in [-0.2, 0) is 10.2 Å². The molecule has 0 unspecified atom stereocenters. The summed E-state index contributed by atoms with van der Waals surface area (Å²) in [5.74, 6) is -0.220. The molecule has 3 heteroatoms. The van der Waals surface area contributed by atoms with Crippen molar-refractivity contribution in [1.82, 2.24) is 0 Å². The van der Waals surface area contributed by atoms with Gasteiger partial charge in [-0.05, 0) is 30.1 Å². The topological polar surface area (TPSA) is 26.3 Å². The first kappa shape index (κ1) is 13.8. The molecule has 0 aromatic heterocycles. The minimum Gasteiger partial charge on any atom is -0.481 e. The van der Waals surface area contributed by atoms with E-state index in [-0.39, 0.29) is 16.2 Å². The van der Waals surface area contributed by atoms with Gasteiger partial charge in [0.05, 0.1) is 6.61 Å². The van der Waals surface area contributed by atoms with Gasteiger partial charge in [0, 0.05) is 5.56 Å². The number of thiocarbonyl (C=S) groups is 1. The third kappa shape index (κ3) is 3.63. The van der Waals surface area contributed by atoms with Gasteiger partial charge in [-0.3, -0.25) is 4.79 Å². The summed E-state index contributed by atoms with van der Waals surface area (Å²) in [6.07, 6.45) is 0. The molecular weight excluding hydrogens is 232 g/mol. The molecule has 2 nitrogen and oxygen atoms in total. The van der Waals surface area contributed by atoms with Crippen LogP contribution in [0, 0.1) is 0 Å². The Morgan fingerprint density at radius 2 is 1.76 bits per heavy atom. The number of hydrogen-bond acceptors (Lipinski definition) is 3. The Labute approximate surface area is 108 Å². The summed E-state index contributed by atoms with van der Waals surface area (Å²) < 4.78 is 5.04. The second kappa shape index (κ2) is 5.41. The van der Waals surface area contributed by atoms with Crippen molar-refractivity contribution in [3.8, 4) is 0 Å². The zero-order valence-corrected chi connectivity index (χ0v) is 11.6. The first-order chi connectivity index (χ1) is 7.86. The Hall–Kier alpha value is -1.22. The number of carbonyl (C=O) groups excluding carboxylic acids is 1. The van der Waals surface area contributed by atoms with E-state index in [0.29, 0.717) is 12.2 Å². The Kier molecular flexibility index (Phi) is 4.40. The standard InChI is InChI=1S/C14H18O2S/c1-5-16-13(17)12(15)10-6-8-11(9-7-10)14(2,3)4/h6-9H,5H2,1-4H3. The number of rotatable bonds is 3. The maximum Gasteiger partial charge on any atom is 0.239 e. The molecule has 1 aromatic carbocycles. The van der Waals surface area contributed by atoms with E-state index in [4.69, 9.17) is 17.0 Å². The maximum absolute atomic E-state index is 11.8. The third-order valence-corrected chi connectivity index (χ3v) is 2.78. The number of ketones is 1. The van der Waals surface area contributed by atoms with Crippen LogP contribution >= 0.6 is 12.2 Å². The van der Waals surface area contributed by atoms with E-state index >= 15 is 0 Å². The van der Waals surface area contributed by atoms with Crippen LogP contribution in [0.2, 0.25) is 0 Å². The second-order valence-electron chi connectivity index (χ2n) is 4.88. The molecule has 0 saturated carbocycles. The SMILES string of the molecule is CCOC(=S)C(=O)c1ccc(C(C)(C)C)cc1. The molecule has 0 N–H and O–H groups in total. The predicted molar refractivity (Wildman–Crippen MR) is 73.7 cm³/mol. The van der Waals surface area contributed by atoms with Gasteiger partial charge in [0.1, 0.15) is 0 Å². The molecule has 1 rings (SSSR count). The summed E-state index contributed by atoms with van der Waals surface area (Å²) in [5, 5.41) is 0.0380. The van der Waals surface area contributed by atoms with Crippen LogP contribution in [0.1, 0.15) is 43.6 Å². The molecule has 0 spiro atoms. The van der Waals surface area contributed by atoms with Gasteiger partial charge >= 0.3 is 0 Å². The van der Waals surface area contributed by atoms with E-state index in [2.05, 4.69) is 20.8 Å². The number of carbonyl (C=O) groups is 1. The molecule has 0 saturated heterocycles. The summed E-state index contributed by atoms with van der Waals surface area (Å²) in [5.41, 5.74) is 1.86. The quantitative estimate of drug-likeness (QED) is 0.606. The van der Waals surface area contributed by atoms with Gasteiger partial charge in [0.15, 0.2) is 0 Å². The molecular formula is C14H18O2S. The van der Waals surface area contributed by atoms with Crippen molar-refractivity contribution in [2.24, 2.45) is 0 Å². The summed E-state index contributed by atoms with van der Waals surface area (Å²) in [6.45, 7) is 8.63. The molecule has 0 amide bonds. The minimum absolute atomic E-state index is 0.0380. The van der Waals surface area contributed by atoms with Gasteiger partial charge in [0.25, 0.3) is 0 Å². The maximum atomic E-state index is 11.8. The smallest absolute Gasteiger partial charge is 0.239 e. The lowest BCUT2D eigenvalue weighted by Crippen LogP contribution is -2.16. The van der Waals surface area contributed by atoms with Crippen LogP contribution in [0.3, 0.4) is 0 Å². The molecule has 0 aliphatic heterocycles. The molecule has 0 heterocycles. The van der Waals surface area contributed by atoms with Crippen molar-refractivity contribution in [1.29, 1.82) is 0 Å². The van der Waals surface area contributed by atoms with Crippen molar-refractivity contribution < 1.29 is 9.53 Å². The highest BCUT2D eigenvalue weighted by atomic mass is 32.1. The molecule has 0 atom stereocenters. The van der Waals surface area contributed by atoms with Crippen molar-refractivity contribution in [3.63, 3.8) is 0 Å². The molecule has 0 bridgehead atoms. The third-order valence-electron chi connectivity index (χ3n) is 2.47. The Bertz CT molecular complexity index is 413. The average molecular weight is 250 g/mol. The van der Waals surface area contributed by atoms with E-state index in [9.17, 15) is 4.79 Å². The molecule has 0 radical (unpaired) electrons. The van der Waals surface area contributed by atoms with Crippen LogP contribution < -0.4 is 0 Å². The molecule has 1 aromatic rings. The van der Waals surface area contributed by atoms with Crippen LogP contribution in [0.5, 0.6) is 0 Å². The summed E-state index contributed by atoms with van der Waals surface area (Å²) in [6, 6.07) is 7.52. The molecule has 17 heavy (non-hydrogen) atoms. The van der Waals surface area contributed by atoms with Gasteiger partial charge in [-0.15, -0.1) is 0 Å². The first-order valence-corrected chi connectivity index (χ1v) is 6.09. The van der Waals surface area contributed by atoms with E-state index in [1.165, 1.54) is 5.56 Å². The lowest BCUT2D eigenvalue weighted by atomic mass is 9.86. The lowest BCUT2D eigenvalue weighted by molar-refractivity contribution is 0.103. The Morgan fingerprint density at radius 1 is 1.24 bits per heavy atom. The fourth-order valence-corrected chi connectivity index (χ4v) is 1.67. The monoisotopic (exact) mass is 250 g/mol. The lowest BCUT2D eigenvalue weighted by Gasteiger charge is -2.18. The molecule has 92 valence electrons. The highest BCUT2D eigenvalue weighted by Crippen LogP contribution is 2.22. The zero-order chi connectivity index (χ0) is 13.1. The van der Waals surface area contributed by atoms with Gasteiger partial charge in [0.2, 0.25) is 10.8 Å². The van der Waals surface area contributed by atoms with Crippen LogP contribution in [-0.4, -0.2) is 17.4 Å². The van der Waals surface area contributed by atoms with E-state index in [1.54, 1.807) is 12.1 Å². The normalized spacial score (nSPS) is 11.1. The summed E-state index contributed by atoms with van der Waals surface area (Å²) >= 11 is 4.89. The minimum atomic E-state index is -0.220. The molecule has 0 aliphatic rings. The van der Waals surface area contributed by atoms with Gasteiger partial charge in [-0.25, -0.2) is 0 Å². The number of hydrogen-bond donors (Lipinski definition) is 0. The van der Waals surface area contributed by atoms with Crippen molar-refractivity contribution >= 4 is 23.1 Å². The fraction of sp³-hybridized carbons (Fsp3) is 0.429. The zero-order valence-electron chi connectivity index (χ0n) is 10.7. The number of benzene rings is 1. The van der Waals surface area contributed by atoms with E-state index in [1.807, 2.05) is 19.1 Å². The van der Waals surface area contributed by atoms with Crippen molar-refractivity contribution in [2.45, 2.75) is 33.1 Å². The van der Waals surface area contributed by atoms with Gasteiger partial charge in [-0.1, -0.05) is 45.0 Å². The van der Waals surface area contributed by atoms with E-state index < -0.39 is 0 Å². The van der Waals surface area contributed by atoms with Crippen molar-refractivity contribution in [3.05, 3.63) is 35.4 Å². The van der Waals surface area contributed by atoms with Gasteiger partial charge < -0.3 is 4.74 Å². The Morgan fingerprint density at radius 3 is 2.18 bits per heavy atom. The highest BCUT2D eigenvalue weighted by molar-refractivity contribution is 7.81. The fourth-order valence-electron chi connectivity index (χ4n) is 1.44. The van der Waals surface area contributed by atoms with Gasteiger partial charge in [-0.2, -0.15) is 0 Å². The Balaban J connectivity index is 2.88. The second-order valence-corrected chi connectivity index (χ2v) is 5.25.